The minimum Gasteiger partial charge on any atom is -0.497 e. The fourth-order valence-electron chi connectivity index (χ4n) is 7.90. The number of nitrogens with one attached hydrogen (secondary N) is 3. The number of carbonyl (C=O) groups excluding carboxylic acids is 3. The van der Waals surface area contributed by atoms with Crippen LogP contribution in [-0.4, -0.2) is 93.4 Å². The third kappa shape index (κ3) is 8.66. The van der Waals surface area contributed by atoms with Crippen LogP contribution in [0, 0.1) is 5.92 Å². The van der Waals surface area contributed by atoms with Crippen LogP contribution >= 0.6 is 11.3 Å². The summed E-state index contributed by atoms with van der Waals surface area (Å²) >= 11 is 1.47. The van der Waals surface area contributed by atoms with Crippen molar-refractivity contribution in [3.63, 3.8) is 0 Å². The van der Waals surface area contributed by atoms with Gasteiger partial charge >= 0.3 is 12.1 Å². The van der Waals surface area contributed by atoms with E-state index >= 15 is 0 Å². The number of aliphatic carboxylic acids is 1. The lowest BCUT2D eigenvalue weighted by Crippen LogP contribution is -2.56. The number of carboxylic acids is 1. The summed E-state index contributed by atoms with van der Waals surface area (Å²) in [6, 6.07) is 5.50. The number of fused-ring (bicyclic) bond motifs is 3. The molecular weight excluding hydrogens is 725 g/mol. The number of nitrogens with zero attached hydrogens (tertiary/aromatic N) is 3. The number of thiazole rings is 1. The van der Waals surface area contributed by atoms with E-state index in [1.54, 1.807) is 7.11 Å². The normalized spacial score (nSPS) is 26.7. The van der Waals surface area contributed by atoms with Crippen LogP contribution in [0.2, 0.25) is 0 Å². The minimum absolute atomic E-state index is 0.0324. The van der Waals surface area contributed by atoms with Crippen LogP contribution in [0.25, 0.3) is 22.3 Å². The molecule has 7 rings (SSSR count). The van der Waals surface area contributed by atoms with E-state index in [4.69, 9.17) is 24.2 Å². The molecule has 3 aromatic rings. The first-order valence-electron chi connectivity index (χ1n) is 19.4. The van der Waals surface area contributed by atoms with Gasteiger partial charge in [-0.1, -0.05) is 25.0 Å². The SMILES string of the molecule is COc1ccc2c(O[C@@H]3C[C@H]4C(=O)N[C@]5(C(=O)O)C[C@H]5/C=C\CCCCC[C@@H](NC(=O)OC5CCCC5)C(=O)N4C3)cc(-c3csc(NC(C)C)n3)nc2c1. The van der Waals surface area contributed by atoms with Crippen molar-refractivity contribution in [3.8, 4) is 22.9 Å². The van der Waals surface area contributed by atoms with Crippen molar-refractivity contribution in [3.05, 3.63) is 41.8 Å². The highest BCUT2D eigenvalue weighted by Crippen LogP contribution is 2.45. The first-order chi connectivity index (χ1) is 26.5. The topological polar surface area (TPSA) is 181 Å². The monoisotopic (exact) mass is 774 g/mol. The molecule has 55 heavy (non-hydrogen) atoms. The second-order valence-corrected chi connectivity index (χ2v) is 16.2. The molecular formula is C40H50N6O8S. The number of amides is 3. The molecule has 4 N–H and O–H groups in total. The van der Waals surface area contributed by atoms with Gasteiger partial charge in [-0.3, -0.25) is 9.59 Å². The van der Waals surface area contributed by atoms with Gasteiger partial charge in [0.25, 0.3) is 0 Å². The van der Waals surface area contributed by atoms with E-state index in [-0.39, 0.29) is 37.5 Å². The zero-order valence-corrected chi connectivity index (χ0v) is 32.4. The first-order valence-corrected chi connectivity index (χ1v) is 20.3. The van der Waals surface area contributed by atoms with Crippen LogP contribution in [-0.2, 0) is 19.1 Å². The number of carboxylic acid groups (broad SMARTS) is 1. The standard InChI is InChI=1S/C40H50N6O8S/c1-23(2)41-38-43-32(22-55-38)31-19-34(28-16-15-26(52-3)17-30(28)42-31)53-27-18-33-35(47)45-40(37(49)50)20-24(40)11-7-5-4-6-8-14-29(36(48)46(33)21-27)44-39(51)54-25-12-9-10-13-25/h7,11,15-17,19,22-25,27,29,33H,4-6,8-10,12-14,18,20-21H2,1-3H3,(H,41,43)(H,44,51)(H,45,47)(H,49,50)/b11-7-/t24-,27-,29-,33+,40-/m1/s1. The molecule has 0 unspecified atom stereocenters. The van der Waals surface area contributed by atoms with Gasteiger partial charge in [0, 0.05) is 41.3 Å². The zero-order valence-electron chi connectivity index (χ0n) is 31.5. The molecule has 4 heterocycles. The van der Waals surface area contributed by atoms with E-state index in [9.17, 15) is 24.3 Å². The molecule has 1 saturated heterocycles. The quantitative estimate of drug-likeness (QED) is 0.186. The van der Waals surface area contributed by atoms with Gasteiger partial charge in [0.15, 0.2) is 5.13 Å². The fraction of sp³-hybridized carbons (Fsp3) is 0.550. The predicted molar refractivity (Wildman–Crippen MR) is 207 cm³/mol. The first kappa shape index (κ1) is 38.4. The molecule has 5 atom stereocenters. The lowest BCUT2D eigenvalue weighted by Gasteiger charge is -2.29. The Morgan fingerprint density at radius 2 is 1.84 bits per heavy atom. The average molecular weight is 775 g/mol. The van der Waals surface area contributed by atoms with Gasteiger partial charge in [0.1, 0.15) is 47.0 Å². The zero-order chi connectivity index (χ0) is 38.7. The molecule has 4 aliphatic rings. The van der Waals surface area contributed by atoms with Crippen molar-refractivity contribution in [2.24, 2.45) is 5.92 Å². The summed E-state index contributed by atoms with van der Waals surface area (Å²) < 4.78 is 17.9. The predicted octanol–water partition coefficient (Wildman–Crippen LogP) is 6.05. The number of carbonyl (C=O) groups is 4. The van der Waals surface area contributed by atoms with Crippen LogP contribution in [0.3, 0.4) is 0 Å². The Labute approximate surface area is 324 Å². The maximum Gasteiger partial charge on any atom is 0.408 e. The van der Waals surface area contributed by atoms with Crippen LogP contribution in [0.4, 0.5) is 9.93 Å². The molecule has 1 aromatic carbocycles. The van der Waals surface area contributed by atoms with Crippen molar-refractivity contribution in [2.75, 3.05) is 19.0 Å². The maximum absolute atomic E-state index is 14.5. The Kier molecular flexibility index (Phi) is 11.5. The van der Waals surface area contributed by atoms with Gasteiger partial charge in [0.05, 0.1) is 24.9 Å². The average Bonchev–Trinajstić information content (AvgIpc) is 3.58. The molecule has 2 aliphatic carbocycles. The number of methoxy groups -OCH3 is 1. The Bertz CT molecular complexity index is 1940. The van der Waals surface area contributed by atoms with Crippen molar-refractivity contribution in [2.45, 2.75) is 120 Å². The Morgan fingerprint density at radius 3 is 2.60 bits per heavy atom. The Balaban J connectivity index is 1.20. The number of aromatic nitrogens is 2. The third-order valence-corrected chi connectivity index (χ3v) is 11.7. The second kappa shape index (κ2) is 16.4. The second-order valence-electron chi connectivity index (χ2n) is 15.4. The number of benzene rings is 1. The fourth-order valence-corrected chi connectivity index (χ4v) is 8.75. The van der Waals surface area contributed by atoms with E-state index in [1.165, 1.54) is 16.2 Å². The molecule has 3 amide bonds. The highest BCUT2D eigenvalue weighted by Gasteiger charge is 2.61. The summed E-state index contributed by atoms with van der Waals surface area (Å²) in [5.41, 5.74) is 0.394. The number of alkyl carbamates (subject to hydrolysis) is 1. The van der Waals surface area contributed by atoms with Gasteiger partial charge in [0.2, 0.25) is 11.8 Å². The van der Waals surface area contributed by atoms with E-state index in [2.05, 4.69) is 16.0 Å². The third-order valence-electron chi connectivity index (χ3n) is 10.9. The molecule has 2 saturated carbocycles. The molecule has 3 fully saturated rings. The number of allylic oxidation sites excluding steroid dienone is 1. The lowest BCUT2D eigenvalue weighted by atomic mass is 10.0. The summed E-state index contributed by atoms with van der Waals surface area (Å²) in [6.45, 7) is 4.11. The number of anilines is 1. The van der Waals surface area contributed by atoms with Gasteiger partial charge in [-0.05, 0) is 77.3 Å². The van der Waals surface area contributed by atoms with Crippen LogP contribution < -0.4 is 25.4 Å². The van der Waals surface area contributed by atoms with Crippen molar-refractivity contribution in [1.82, 2.24) is 25.5 Å². The van der Waals surface area contributed by atoms with Crippen molar-refractivity contribution >= 4 is 51.2 Å². The summed E-state index contributed by atoms with van der Waals surface area (Å²) in [5, 5.41) is 22.6. The number of ether oxygens (including phenoxy) is 3. The maximum atomic E-state index is 14.5. The van der Waals surface area contributed by atoms with Crippen molar-refractivity contribution in [1.29, 1.82) is 0 Å². The van der Waals surface area contributed by atoms with E-state index < -0.39 is 47.6 Å². The van der Waals surface area contributed by atoms with Crippen LogP contribution in [0.15, 0.2) is 41.8 Å². The van der Waals surface area contributed by atoms with Crippen molar-refractivity contribution < 1.29 is 38.5 Å². The lowest BCUT2D eigenvalue weighted by molar-refractivity contribution is -0.145. The summed E-state index contributed by atoms with van der Waals surface area (Å²) in [7, 11) is 1.58. The van der Waals surface area contributed by atoms with E-state index in [1.807, 2.05) is 55.6 Å². The van der Waals surface area contributed by atoms with Crippen LogP contribution in [0.1, 0.15) is 84.5 Å². The molecule has 294 valence electrons. The summed E-state index contributed by atoms with van der Waals surface area (Å²) in [4.78, 5) is 65.5. The van der Waals surface area contributed by atoms with Crippen LogP contribution in [0.5, 0.6) is 11.5 Å². The number of rotatable bonds is 9. The molecule has 0 bridgehead atoms. The van der Waals surface area contributed by atoms with Gasteiger partial charge in [-0.25, -0.2) is 19.6 Å². The van der Waals surface area contributed by atoms with Gasteiger partial charge in [-0.15, -0.1) is 11.3 Å². The molecule has 15 heteroatoms. The molecule has 0 radical (unpaired) electrons. The minimum atomic E-state index is -1.45. The smallest absolute Gasteiger partial charge is 0.408 e. The van der Waals surface area contributed by atoms with E-state index in [0.717, 1.165) is 50.1 Å². The highest BCUT2D eigenvalue weighted by atomic mass is 32.1. The summed E-state index contributed by atoms with van der Waals surface area (Å²) in [6.07, 6.45) is 9.71. The number of hydrogen-bond acceptors (Lipinski definition) is 11. The molecule has 2 aliphatic heterocycles. The van der Waals surface area contributed by atoms with Gasteiger partial charge in [-0.2, -0.15) is 0 Å². The summed E-state index contributed by atoms with van der Waals surface area (Å²) in [5.74, 6) is -1.37. The highest BCUT2D eigenvalue weighted by molar-refractivity contribution is 7.14. The molecule has 2 aromatic heterocycles. The Hall–Kier alpha value is -4.92. The largest absolute Gasteiger partial charge is 0.497 e. The molecule has 14 nitrogen and oxygen atoms in total. The molecule has 0 spiro atoms. The Morgan fingerprint density at radius 1 is 1.04 bits per heavy atom. The number of pyridine rings is 1. The van der Waals surface area contributed by atoms with E-state index in [0.29, 0.717) is 46.6 Å². The number of hydrogen-bond donors (Lipinski definition) is 4. The van der Waals surface area contributed by atoms with Gasteiger partial charge < -0.3 is 40.2 Å².